The molecule has 2 aromatic heterocycles. The van der Waals surface area contributed by atoms with Crippen molar-refractivity contribution in [1.29, 1.82) is 0 Å². The minimum Gasteiger partial charge on any atom is -0.352 e. The van der Waals surface area contributed by atoms with E-state index in [1.807, 2.05) is 13.0 Å². The van der Waals surface area contributed by atoms with E-state index >= 15 is 0 Å². The lowest BCUT2D eigenvalue weighted by molar-refractivity contribution is -0.121. The molecule has 1 amide bonds. The molecule has 0 unspecified atom stereocenters. The zero-order valence-electron chi connectivity index (χ0n) is 11.6. The smallest absolute Gasteiger partial charge is 0.220 e. The average Bonchev–Trinajstić information content (AvgIpc) is 2.99. The van der Waals surface area contributed by atoms with Crippen molar-refractivity contribution in [1.82, 2.24) is 20.1 Å². The monoisotopic (exact) mass is 346 g/mol. The summed E-state index contributed by atoms with van der Waals surface area (Å²) in [6, 6.07) is 1.87. The van der Waals surface area contributed by atoms with Gasteiger partial charge in [-0.15, -0.1) is 11.3 Å². The minimum atomic E-state index is 0.0124. The zero-order valence-corrected chi connectivity index (χ0v) is 13.9. The third kappa shape index (κ3) is 5.30. The van der Waals surface area contributed by atoms with Crippen molar-refractivity contribution in [2.24, 2.45) is 0 Å². The largest absolute Gasteiger partial charge is 0.352 e. The Morgan fingerprint density at radius 2 is 2.33 bits per heavy atom. The van der Waals surface area contributed by atoms with E-state index in [0.29, 0.717) is 21.6 Å². The summed E-state index contributed by atoms with van der Waals surface area (Å²) in [6.07, 6.45) is 5.07. The first kappa shape index (κ1) is 16.3. The number of carbonyl (C=O) groups excluding carboxylic acids is 1. The zero-order chi connectivity index (χ0) is 15.2. The molecule has 1 atom stereocenters. The predicted molar refractivity (Wildman–Crippen MR) is 84.9 cm³/mol. The van der Waals surface area contributed by atoms with Gasteiger partial charge in [0.05, 0.1) is 15.2 Å². The van der Waals surface area contributed by atoms with Gasteiger partial charge in [0.2, 0.25) is 5.91 Å². The predicted octanol–water partition coefficient (Wildman–Crippen LogP) is 3.17. The fourth-order valence-electron chi connectivity index (χ4n) is 1.98. The Kier molecular flexibility index (Phi) is 6.02. The number of rotatable bonds is 7. The maximum Gasteiger partial charge on any atom is 0.220 e. The second-order valence-electron chi connectivity index (χ2n) is 4.79. The number of aromatic nitrogens is 3. The van der Waals surface area contributed by atoms with Crippen molar-refractivity contribution >= 4 is 40.4 Å². The molecule has 2 aromatic rings. The van der Waals surface area contributed by atoms with Crippen LogP contribution in [0.15, 0.2) is 18.7 Å². The lowest BCUT2D eigenvalue weighted by Crippen LogP contribution is -2.35. The van der Waals surface area contributed by atoms with Crippen LogP contribution in [0.1, 0.15) is 25.3 Å². The van der Waals surface area contributed by atoms with Crippen molar-refractivity contribution in [2.75, 3.05) is 0 Å². The molecule has 0 spiro atoms. The van der Waals surface area contributed by atoms with Gasteiger partial charge in [-0.3, -0.25) is 9.48 Å². The standard InChI is InChI=1S/C13H16Cl2N4OS/c1-9(6-19-8-16-7-17-19)18-12(20)4-2-3-10-5-11(14)21-13(10)15/h5,7-9H,2-4,6H2,1H3,(H,18,20)/t9-/m0/s1. The van der Waals surface area contributed by atoms with E-state index in [2.05, 4.69) is 15.4 Å². The fraction of sp³-hybridized carbons (Fsp3) is 0.462. The van der Waals surface area contributed by atoms with Crippen LogP contribution >= 0.6 is 34.5 Å². The number of nitrogens with zero attached hydrogens (tertiary/aromatic N) is 3. The van der Waals surface area contributed by atoms with E-state index in [0.717, 1.165) is 18.4 Å². The van der Waals surface area contributed by atoms with Crippen LogP contribution in [0.2, 0.25) is 8.67 Å². The second-order valence-corrected chi connectivity index (χ2v) is 7.07. The quantitative estimate of drug-likeness (QED) is 0.837. The Hall–Kier alpha value is -1.11. The van der Waals surface area contributed by atoms with Crippen molar-refractivity contribution in [2.45, 2.75) is 38.8 Å². The number of aryl methyl sites for hydroxylation is 1. The van der Waals surface area contributed by atoms with Crippen molar-refractivity contribution in [3.8, 4) is 0 Å². The Morgan fingerprint density at radius 1 is 1.52 bits per heavy atom. The molecule has 0 radical (unpaired) electrons. The molecule has 2 heterocycles. The van der Waals surface area contributed by atoms with Crippen molar-refractivity contribution in [3.05, 3.63) is 33.0 Å². The molecule has 8 heteroatoms. The van der Waals surface area contributed by atoms with Crippen LogP contribution in [0.4, 0.5) is 0 Å². The molecule has 0 aliphatic carbocycles. The molecule has 0 aliphatic heterocycles. The van der Waals surface area contributed by atoms with Crippen LogP contribution in [0.25, 0.3) is 0 Å². The number of nitrogens with one attached hydrogen (secondary N) is 1. The first-order valence-electron chi connectivity index (χ1n) is 6.60. The van der Waals surface area contributed by atoms with Gasteiger partial charge >= 0.3 is 0 Å². The molecule has 2 rings (SSSR count). The molecule has 0 bridgehead atoms. The molecular formula is C13H16Cl2N4OS. The maximum atomic E-state index is 11.8. The average molecular weight is 347 g/mol. The molecule has 0 saturated carbocycles. The molecule has 21 heavy (non-hydrogen) atoms. The van der Waals surface area contributed by atoms with Gasteiger partial charge in [0, 0.05) is 12.5 Å². The lowest BCUT2D eigenvalue weighted by Gasteiger charge is -2.13. The van der Waals surface area contributed by atoms with Gasteiger partial charge in [0.1, 0.15) is 12.7 Å². The highest BCUT2D eigenvalue weighted by molar-refractivity contribution is 7.20. The van der Waals surface area contributed by atoms with Gasteiger partial charge < -0.3 is 5.32 Å². The SMILES string of the molecule is C[C@@H](Cn1cncn1)NC(=O)CCCc1cc(Cl)sc1Cl. The summed E-state index contributed by atoms with van der Waals surface area (Å²) in [5, 5.41) is 6.95. The Labute approximate surface area is 137 Å². The van der Waals surface area contributed by atoms with Gasteiger partial charge in [-0.2, -0.15) is 5.10 Å². The molecular weight excluding hydrogens is 331 g/mol. The number of thiophene rings is 1. The summed E-state index contributed by atoms with van der Waals surface area (Å²) in [5.74, 6) is 0.0278. The van der Waals surface area contributed by atoms with E-state index in [1.165, 1.54) is 17.7 Å². The van der Waals surface area contributed by atoms with Crippen molar-refractivity contribution in [3.63, 3.8) is 0 Å². The molecule has 114 valence electrons. The Morgan fingerprint density at radius 3 is 2.95 bits per heavy atom. The first-order chi connectivity index (χ1) is 10.0. The summed E-state index contributed by atoms with van der Waals surface area (Å²) in [6.45, 7) is 2.55. The van der Waals surface area contributed by atoms with Crippen LogP contribution < -0.4 is 5.32 Å². The summed E-state index contributed by atoms with van der Waals surface area (Å²) in [5.41, 5.74) is 1.01. The van der Waals surface area contributed by atoms with E-state index in [9.17, 15) is 4.79 Å². The highest BCUT2D eigenvalue weighted by Crippen LogP contribution is 2.31. The summed E-state index contributed by atoms with van der Waals surface area (Å²) >= 11 is 13.3. The number of hydrogen-bond donors (Lipinski definition) is 1. The molecule has 0 saturated heterocycles. The molecule has 0 aliphatic rings. The molecule has 0 fully saturated rings. The van der Waals surface area contributed by atoms with E-state index in [-0.39, 0.29) is 11.9 Å². The van der Waals surface area contributed by atoms with Gasteiger partial charge in [-0.25, -0.2) is 4.98 Å². The fourth-order valence-corrected chi connectivity index (χ4v) is 3.53. The van der Waals surface area contributed by atoms with Crippen LogP contribution in [0.5, 0.6) is 0 Å². The van der Waals surface area contributed by atoms with E-state index < -0.39 is 0 Å². The third-order valence-electron chi connectivity index (χ3n) is 2.91. The van der Waals surface area contributed by atoms with Gasteiger partial charge in [0.15, 0.2) is 0 Å². The Bertz CT molecular complexity index is 585. The van der Waals surface area contributed by atoms with Crippen LogP contribution in [-0.4, -0.2) is 26.7 Å². The maximum absolute atomic E-state index is 11.8. The third-order valence-corrected chi connectivity index (χ3v) is 4.48. The topological polar surface area (TPSA) is 59.8 Å². The molecule has 5 nitrogen and oxygen atoms in total. The molecule has 0 aromatic carbocycles. The van der Waals surface area contributed by atoms with E-state index in [4.69, 9.17) is 23.2 Å². The number of halogens is 2. The number of carbonyl (C=O) groups is 1. The summed E-state index contributed by atoms with van der Waals surface area (Å²) in [7, 11) is 0. The molecule has 1 N–H and O–H groups in total. The van der Waals surface area contributed by atoms with Crippen LogP contribution in [0.3, 0.4) is 0 Å². The summed E-state index contributed by atoms with van der Waals surface area (Å²) in [4.78, 5) is 15.7. The minimum absolute atomic E-state index is 0.0124. The van der Waals surface area contributed by atoms with Gasteiger partial charge in [-0.05, 0) is 31.4 Å². The van der Waals surface area contributed by atoms with Crippen LogP contribution in [-0.2, 0) is 17.8 Å². The number of hydrogen-bond acceptors (Lipinski definition) is 4. The van der Waals surface area contributed by atoms with Gasteiger partial charge in [-0.1, -0.05) is 23.2 Å². The van der Waals surface area contributed by atoms with Gasteiger partial charge in [0.25, 0.3) is 0 Å². The highest BCUT2D eigenvalue weighted by atomic mass is 35.5. The normalized spacial score (nSPS) is 12.3. The van der Waals surface area contributed by atoms with E-state index in [1.54, 1.807) is 11.0 Å². The first-order valence-corrected chi connectivity index (χ1v) is 8.17. The lowest BCUT2D eigenvalue weighted by atomic mass is 10.1. The number of amides is 1. The van der Waals surface area contributed by atoms with Crippen molar-refractivity contribution < 1.29 is 4.79 Å². The second kappa shape index (κ2) is 7.77. The van der Waals surface area contributed by atoms with Crippen LogP contribution in [0, 0.1) is 0 Å². The highest BCUT2D eigenvalue weighted by Gasteiger charge is 2.10. The Balaban J connectivity index is 1.68. The summed E-state index contributed by atoms with van der Waals surface area (Å²) < 4.78 is 3.08.